The van der Waals surface area contributed by atoms with Crippen molar-refractivity contribution >= 4 is 0 Å². The number of rotatable bonds is 6. The highest BCUT2D eigenvalue weighted by atomic mass is 16.5. The second kappa shape index (κ2) is 7.39. The zero-order valence-electron chi connectivity index (χ0n) is 11.3. The second-order valence-electron chi connectivity index (χ2n) is 4.96. The average Bonchev–Trinajstić information content (AvgIpc) is 2.42. The van der Waals surface area contributed by atoms with Crippen LogP contribution in [0.1, 0.15) is 18.4 Å². The molecule has 0 bridgehead atoms. The Bertz CT molecular complexity index is 331. The predicted molar refractivity (Wildman–Crippen MR) is 75.2 cm³/mol. The summed E-state index contributed by atoms with van der Waals surface area (Å²) in [7, 11) is 0. The zero-order valence-corrected chi connectivity index (χ0v) is 11.3. The number of hydrogen-bond donors (Lipinski definition) is 1. The highest BCUT2D eigenvalue weighted by Gasteiger charge is 2.07. The van der Waals surface area contributed by atoms with E-state index in [4.69, 9.17) is 4.74 Å². The van der Waals surface area contributed by atoms with Crippen LogP contribution >= 0.6 is 0 Å². The third kappa shape index (κ3) is 4.67. The minimum Gasteiger partial charge on any atom is -0.494 e. The van der Waals surface area contributed by atoms with Gasteiger partial charge in [-0.2, -0.15) is 0 Å². The van der Waals surface area contributed by atoms with Gasteiger partial charge < -0.3 is 15.0 Å². The molecule has 1 fully saturated rings. The Hall–Kier alpha value is -1.06. The summed E-state index contributed by atoms with van der Waals surface area (Å²) in [5.74, 6) is 0.989. The van der Waals surface area contributed by atoms with Crippen LogP contribution in [0.25, 0.3) is 0 Å². The van der Waals surface area contributed by atoms with E-state index in [0.717, 1.165) is 31.9 Å². The second-order valence-corrected chi connectivity index (χ2v) is 4.96. The average molecular weight is 248 g/mol. The van der Waals surface area contributed by atoms with Gasteiger partial charge in [-0.3, -0.25) is 0 Å². The number of aryl methyl sites for hydroxylation is 1. The molecule has 0 saturated carbocycles. The van der Waals surface area contributed by atoms with Gasteiger partial charge in [0.15, 0.2) is 0 Å². The molecule has 0 aromatic heterocycles. The highest BCUT2D eigenvalue weighted by Crippen LogP contribution is 2.11. The molecule has 2 rings (SSSR count). The first-order chi connectivity index (χ1) is 8.84. The van der Waals surface area contributed by atoms with E-state index in [1.165, 1.54) is 31.6 Å². The van der Waals surface area contributed by atoms with E-state index in [1.54, 1.807) is 0 Å². The van der Waals surface area contributed by atoms with Crippen molar-refractivity contribution in [1.29, 1.82) is 0 Å². The van der Waals surface area contributed by atoms with Crippen molar-refractivity contribution in [2.24, 2.45) is 0 Å². The summed E-state index contributed by atoms with van der Waals surface area (Å²) >= 11 is 0. The number of benzene rings is 1. The molecule has 3 heteroatoms. The topological polar surface area (TPSA) is 24.5 Å². The summed E-state index contributed by atoms with van der Waals surface area (Å²) in [5.41, 5.74) is 1.28. The molecule has 1 heterocycles. The number of unbranched alkanes of at least 4 members (excludes halogenated alkanes) is 1. The van der Waals surface area contributed by atoms with E-state index in [2.05, 4.69) is 29.3 Å². The summed E-state index contributed by atoms with van der Waals surface area (Å²) in [6.07, 6.45) is 2.36. The predicted octanol–water partition coefficient (Wildman–Crippen LogP) is 2.06. The molecular weight excluding hydrogens is 224 g/mol. The van der Waals surface area contributed by atoms with Crippen molar-refractivity contribution in [2.45, 2.75) is 19.8 Å². The minimum absolute atomic E-state index is 0.829. The van der Waals surface area contributed by atoms with Gasteiger partial charge in [-0.05, 0) is 38.4 Å². The van der Waals surface area contributed by atoms with Gasteiger partial charge in [-0.25, -0.2) is 0 Å². The van der Waals surface area contributed by atoms with Crippen LogP contribution in [0.4, 0.5) is 0 Å². The number of nitrogens with zero attached hydrogens (tertiary/aromatic N) is 1. The van der Waals surface area contributed by atoms with Crippen LogP contribution in [0.3, 0.4) is 0 Å². The smallest absolute Gasteiger partial charge is 0.119 e. The summed E-state index contributed by atoms with van der Waals surface area (Å²) < 4.78 is 5.72. The summed E-state index contributed by atoms with van der Waals surface area (Å²) in [5, 5.41) is 3.38. The number of piperazine rings is 1. The molecule has 18 heavy (non-hydrogen) atoms. The van der Waals surface area contributed by atoms with Crippen LogP contribution in [0.15, 0.2) is 24.3 Å². The van der Waals surface area contributed by atoms with Gasteiger partial charge in [0.05, 0.1) is 6.61 Å². The lowest BCUT2D eigenvalue weighted by atomic mass is 10.2. The summed E-state index contributed by atoms with van der Waals surface area (Å²) in [4.78, 5) is 2.53. The molecule has 1 aromatic rings. The third-order valence-electron chi connectivity index (χ3n) is 3.37. The van der Waals surface area contributed by atoms with Crippen LogP contribution in [-0.4, -0.2) is 44.2 Å². The zero-order chi connectivity index (χ0) is 12.6. The molecule has 0 amide bonds. The van der Waals surface area contributed by atoms with Crippen LogP contribution in [0, 0.1) is 6.92 Å². The van der Waals surface area contributed by atoms with E-state index >= 15 is 0 Å². The first-order valence-electron chi connectivity index (χ1n) is 6.97. The summed E-state index contributed by atoms with van der Waals surface area (Å²) in [6, 6.07) is 8.28. The van der Waals surface area contributed by atoms with Crippen molar-refractivity contribution in [3.05, 3.63) is 29.8 Å². The van der Waals surface area contributed by atoms with Crippen LogP contribution in [0.2, 0.25) is 0 Å². The number of ether oxygens (including phenoxy) is 1. The van der Waals surface area contributed by atoms with E-state index < -0.39 is 0 Å². The highest BCUT2D eigenvalue weighted by molar-refractivity contribution is 5.26. The van der Waals surface area contributed by atoms with E-state index in [-0.39, 0.29) is 0 Å². The van der Waals surface area contributed by atoms with Crippen LogP contribution in [-0.2, 0) is 0 Å². The van der Waals surface area contributed by atoms with Crippen molar-refractivity contribution in [3.63, 3.8) is 0 Å². The molecule has 0 aliphatic carbocycles. The maximum Gasteiger partial charge on any atom is 0.119 e. The number of hydrogen-bond acceptors (Lipinski definition) is 3. The van der Waals surface area contributed by atoms with Gasteiger partial charge in [0.1, 0.15) is 5.75 Å². The van der Waals surface area contributed by atoms with Crippen molar-refractivity contribution < 1.29 is 4.74 Å². The lowest BCUT2D eigenvalue weighted by molar-refractivity contribution is 0.226. The fraction of sp³-hybridized carbons (Fsp3) is 0.600. The lowest BCUT2D eigenvalue weighted by Gasteiger charge is -2.26. The first kappa shape index (κ1) is 13.4. The van der Waals surface area contributed by atoms with E-state index in [1.807, 2.05) is 12.1 Å². The minimum atomic E-state index is 0.829. The number of nitrogens with one attached hydrogen (secondary N) is 1. The molecule has 0 radical (unpaired) electrons. The van der Waals surface area contributed by atoms with Crippen molar-refractivity contribution in [3.8, 4) is 5.75 Å². The standard InChI is InChI=1S/C15H24N2O/c1-14-4-6-15(7-5-14)18-13-3-2-10-17-11-8-16-9-12-17/h4-7,16H,2-3,8-13H2,1H3. The van der Waals surface area contributed by atoms with Crippen LogP contribution in [0.5, 0.6) is 5.75 Å². The van der Waals surface area contributed by atoms with Crippen molar-refractivity contribution in [2.75, 3.05) is 39.3 Å². The molecule has 100 valence electrons. The lowest BCUT2D eigenvalue weighted by Crippen LogP contribution is -2.43. The fourth-order valence-corrected chi connectivity index (χ4v) is 2.20. The molecule has 0 unspecified atom stereocenters. The van der Waals surface area contributed by atoms with Gasteiger partial charge in [0.2, 0.25) is 0 Å². The molecule has 0 spiro atoms. The molecule has 0 atom stereocenters. The maximum absolute atomic E-state index is 5.72. The van der Waals surface area contributed by atoms with Crippen LogP contribution < -0.4 is 10.1 Å². The molecule has 1 aliphatic rings. The van der Waals surface area contributed by atoms with E-state index in [9.17, 15) is 0 Å². The molecule has 1 saturated heterocycles. The molecular formula is C15H24N2O. The molecule has 1 N–H and O–H groups in total. The van der Waals surface area contributed by atoms with Crippen molar-refractivity contribution in [1.82, 2.24) is 10.2 Å². The Labute approximate surface area is 110 Å². The Kier molecular flexibility index (Phi) is 5.49. The Morgan fingerprint density at radius 2 is 1.83 bits per heavy atom. The van der Waals surface area contributed by atoms with Gasteiger partial charge in [-0.15, -0.1) is 0 Å². The van der Waals surface area contributed by atoms with E-state index in [0.29, 0.717) is 0 Å². The third-order valence-corrected chi connectivity index (χ3v) is 3.37. The molecule has 3 nitrogen and oxygen atoms in total. The Balaban J connectivity index is 1.54. The summed E-state index contributed by atoms with van der Waals surface area (Å²) in [6.45, 7) is 8.79. The fourth-order valence-electron chi connectivity index (χ4n) is 2.20. The first-order valence-corrected chi connectivity index (χ1v) is 6.97. The quantitative estimate of drug-likeness (QED) is 0.780. The normalized spacial score (nSPS) is 16.7. The largest absolute Gasteiger partial charge is 0.494 e. The van der Waals surface area contributed by atoms with Gasteiger partial charge in [0, 0.05) is 26.2 Å². The Morgan fingerprint density at radius 3 is 2.56 bits per heavy atom. The molecule has 1 aliphatic heterocycles. The Morgan fingerprint density at radius 1 is 1.11 bits per heavy atom. The molecule has 1 aromatic carbocycles. The van der Waals surface area contributed by atoms with Gasteiger partial charge in [-0.1, -0.05) is 17.7 Å². The van der Waals surface area contributed by atoms with Gasteiger partial charge >= 0.3 is 0 Å². The van der Waals surface area contributed by atoms with Gasteiger partial charge in [0.25, 0.3) is 0 Å². The SMILES string of the molecule is Cc1ccc(OCCCCN2CCNCC2)cc1. The maximum atomic E-state index is 5.72. The monoisotopic (exact) mass is 248 g/mol.